The van der Waals surface area contributed by atoms with E-state index in [2.05, 4.69) is 5.32 Å². The molecule has 2 atom stereocenters. The minimum absolute atomic E-state index is 0.684. The summed E-state index contributed by atoms with van der Waals surface area (Å²) >= 11 is 0. The summed E-state index contributed by atoms with van der Waals surface area (Å²) < 4.78 is 0. The van der Waals surface area contributed by atoms with E-state index in [1.54, 1.807) is 0 Å². The second-order valence-corrected chi connectivity index (χ2v) is 3.61. The SMILES string of the molecule is CN1C(=O)NC(=O)C(C2NC(=O)NC2=O)C1=O. The Morgan fingerprint density at radius 1 is 1.00 bits per heavy atom. The summed E-state index contributed by atoms with van der Waals surface area (Å²) in [6.45, 7) is 0. The van der Waals surface area contributed by atoms with Gasteiger partial charge in [-0.2, -0.15) is 0 Å². The molecule has 2 unspecified atom stereocenters. The van der Waals surface area contributed by atoms with E-state index in [9.17, 15) is 24.0 Å². The summed E-state index contributed by atoms with van der Waals surface area (Å²) in [4.78, 5) is 57.2. The molecule has 7 amide bonds. The molecule has 2 heterocycles. The summed E-state index contributed by atoms with van der Waals surface area (Å²) in [5, 5.41) is 5.97. The maximum atomic E-state index is 11.7. The van der Waals surface area contributed by atoms with E-state index >= 15 is 0 Å². The standard InChI is InChI=1S/C8H8N4O5/c1-12-6(15)2(4(13)11-8(12)17)3-5(14)10-7(16)9-3/h2-3H,1H3,(H,11,13,17)(H2,9,10,14,16). The number of urea groups is 2. The number of hydrogen-bond acceptors (Lipinski definition) is 5. The van der Waals surface area contributed by atoms with Gasteiger partial charge in [-0.15, -0.1) is 0 Å². The molecular weight excluding hydrogens is 232 g/mol. The number of hydrogen-bond donors (Lipinski definition) is 3. The zero-order valence-corrected chi connectivity index (χ0v) is 8.64. The zero-order valence-electron chi connectivity index (χ0n) is 8.64. The van der Waals surface area contributed by atoms with Crippen LogP contribution in [0.25, 0.3) is 0 Å². The topological polar surface area (TPSA) is 125 Å². The van der Waals surface area contributed by atoms with E-state index in [1.807, 2.05) is 10.6 Å². The molecule has 17 heavy (non-hydrogen) atoms. The monoisotopic (exact) mass is 240 g/mol. The van der Waals surface area contributed by atoms with Crippen LogP contribution in [-0.4, -0.2) is 47.8 Å². The fraction of sp³-hybridized carbons (Fsp3) is 0.375. The molecular formula is C8H8N4O5. The van der Waals surface area contributed by atoms with E-state index in [-0.39, 0.29) is 0 Å². The van der Waals surface area contributed by atoms with Crippen LogP contribution in [0.2, 0.25) is 0 Å². The number of barbiturate groups is 1. The van der Waals surface area contributed by atoms with Gasteiger partial charge in [0.25, 0.3) is 5.91 Å². The van der Waals surface area contributed by atoms with Crippen molar-refractivity contribution < 1.29 is 24.0 Å². The van der Waals surface area contributed by atoms with Gasteiger partial charge in [0.1, 0.15) is 12.0 Å². The van der Waals surface area contributed by atoms with Gasteiger partial charge in [0.05, 0.1) is 0 Å². The van der Waals surface area contributed by atoms with E-state index < -0.39 is 41.7 Å². The molecule has 3 N–H and O–H groups in total. The van der Waals surface area contributed by atoms with E-state index in [0.29, 0.717) is 4.90 Å². The molecule has 0 radical (unpaired) electrons. The third kappa shape index (κ3) is 1.61. The van der Waals surface area contributed by atoms with Gasteiger partial charge in [-0.25, -0.2) is 9.59 Å². The Bertz CT molecular complexity index is 459. The van der Waals surface area contributed by atoms with Crippen molar-refractivity contribution in [1.29, 1.82) is 0 Å². The number of imide groups is 3. The smallest absolute Gasteiger partial charge is 0.325 e. The molecule has 2 aliphatic rings. The van der Waals surface area contributed by atoms with Crippen LogP contribution >= 0.6 is 0 Å². The van der Waals surface area contributed by atoms with Gasteiger partial charge in [-0.3, -0.25) is 29.9 Å². The first kappa shape index (κ1) is 11.0. The van der Waals surface area contributed by atoms with Crippen molar-refractivity contribution >= 4 is 29.8 Å². The van der Waals surface area contributed by atoms with Crippen molar-refractivity contribution in [3.05, 3.63) is 0 Å². The van der Waals surface area contributed by atoms with Crippen LogP contribution in [0.1, 0.15) is 0 Å². The highest BCUT2D eigenvalue weighted by molar-refractivity contribution is 6.20. The molecule has 0 spiro atoms. The minimum Gasteiger partial charge on any atom is -0.325 e. The number of rotatable bonds is 1. The summed E-state index contributed by atoms with van der Waals surface area (Å²) in [5.74, 6) is -3.93. The van der Waals surface area contributed by atoms with Gasteiger partial charge in [0, 0.05) is 7.05 Å². The molecule has 9 heteroatoms. The lowest BCUT2D eigenvalue weighted by Crippen LogP contribution is -2.62. The third-order valence-corrected chi connectivity index (χ3v) is 2.55. The number of nitrogens with one attached hydrogen (secondary N) is 3. The molecule has 0 aromatic heterocycles. The average Bonchev–Trinajstić information content (AvgIpc) is 2.55. The lowest BCUT2D eigenvalue weighted by molar-refractivity contribution is -0.145. The molecule has 2 saturated heterocycles. The molecule has 9 nitrogen and oxygen atoms in total. The largest absolute Gasteiger partial charge is 0.330 e. The Balaban J connectivity index is 2.28. The maximum absolute atomic E-state index is 11.7. The minimum atomic E-state index is -1.43. The van der Waals surface area contributed by atoms with Crippen molar-refractivity contribution in [1.82, 2.24) is 20.9 Å². The van der Waals surface area contributed by atoms with Crippen LogP contribution in [0.15, 0.2) is 0 Å². The van der Waals surface area contributed by atoms with E-state index in [4.69, 9.17) is 0 Å². The highest BCUT2D eigenvalue weighted by Crippen LogP contribution is 2.15. The first-order chi connectivity index (χ1) is 7.91. The van der Waals surface area contributed by atoms with Crippen molar-refractivity contribution in [2.75, 3.05) is 7.05 Å². The zero-order chi connectivity index (χ0) is 12.7. The van der Waals surface area contributed by atoms with E-state index in [0.717, 1.165) is 0 Å². The summed E-state index contributed by atoms with van der Waals surface area (Å²) in [5.41, 5.74) is 0. The van der Waals surface area contributed by atoms with Crippen LogP contribution in [0, 0.1) is 5.92 Å². The molecule has 2 fully saturated rings. The Labute approximate surface area is 94.5 Å². The van der Waals surface area contributed by atoms with Crippen LogP contribution in [0.4, 0.5) is 9.59 Å². The Hall–Kier alpha value is -2.45. The van der Waals surface area contributed by atoms with Gasteiger partial charge in [0.2, 0.25) is 11.8 Å². The predicted octanol–water partition coefficient (Wildman–Crippen LogP) is -2.48. The molecule has 2 aliphatic heterocycles. The van der Waals surface area contributed by atoms with Crippen LogP contribution in [-0.2, 0) is 14.4 Å². The Morgan fingerprint density at radius 3 is 2.18 bits per heavy atom. The van der Waals surface area contributed by atoms with Gasteiger partial charge in [-0.1, -0.05) is 0 Å². The van der Waals surface area contributed by atoms with Crippen LogP contribution < -0.4 is 16.0 Å². The van der Waals surface area contributed by atoms with Gasteiger partial charge in [0.15, 0.2) is 0 Å². The van der Waals surface area contributed by atoms with Crippen molar-refractivity contribution in [3.63, 3.8) is 0 Å². The summed E-state index contributed by atoms with van der Waals surface area (Å²) in [6, 6.07) is -2.92. The molecule has 0 aliphatic carbocycles. The highest BCUT2D eigenvalue weighted by atomic mass is 16.2. The van der Waals surface area contributed by atoms with Gasteiger partial charge in [-0.05, 0) is 0 Å². The first-order valence-corrected chi connectivity index (χ1v) is 4.65. The predicted molar refractivity (Wildman–Crippen MR) is 50.3 cm³/mol. The normalized spacial score (nSPS) is 29.0. The number of nitrogens with zero attached hydrogens (tertiary/aromatic N) is 1. The number of amides is 7. The van der Waals surface area contributed by atoms with Gasteiger partial charge >= 0.3 is 12.1 Å². The summed E-state index contributed by atoms with van der Waals surface area (Å²) in [6.07, 6.45) is 0. The maximum Gasteiger partial charge on any atom is 0.330 e. The average molecular weight is 240 g/mol. The lowest BCUT2D eigenvalue weighted by atomic mass is 9.96. The molecule has 90 valence electrons. The number of carbonyl (C=O) groups excluding carboxylic acids is 5. The first-order valence-electron chi connectivity index (χ1n) is 4.65. The van der Waals surface area contributed by atoms with Crippen molar-refractivity contribution in [2.45, 2.75) is 6.04 Å². The summed E-state index contributed by atoms with van der Waals surface area (Å²) in [7, 11) is 1.17. The Kier molecular flexibility index (Phi) is 2.30. The molecule has 0 saturated carbocycles. The lowest BCUT2D eigenvalue weighted by Gasteiger charge is -2.29. The fourth-order valence-electron chi connectivity index (χ4n) is 1.65. The number of carbonyl (C=O) groups is 5. The molecule has 0 bridgehead atoms. The molecule has 0 aromatic carbocycles. The third-order valence-electron chi connectivity index (χ3n) is 2.55. The van der Waals surface area contributed by atoms with E-state index in [1.165, 1.54) is 7.05 Å². The van der Waals surface area contributed by atoms with Crippen LogP contribution in [0.3, 0.4) is 0 Å². The Morgan fingerprint density at radius 2 is 1.65 bits per heavy atom. The molecule has 0 aromatic rings. The van der Waals surface area contributed by atoms with Crippen molar-refractivity contribution in [2.24, 2.45) is 5.92 Å². The van der Waals surface area contributed by atoms with Crippen LogP contribution in [0.5, 0.6) is 0 Å². The highest BCUT2D eigenvalue weighted by Gasteiger charge is 2.49. The fourth-order valence-corrected chi connectivity index (χ4v) is 1.65. The second kappa shape index (κ2) is 3.54. The van der Waals surface area contributed by atoms with Gasteiger partial charge < -0.3 is 5.32 Å². The quantitative estimate of drug-likeness (QED) is 0.345. The second-order valence-electron chi connectivity index (χ2n) is 3.61. The molecule has 2 rings (SSSR count). The van der Waals surface area contributed by atoms with Crippen molar-refractivity contribution in [3.8, 4) is 0 Å².